The van der Waals surface area contributed by atoms with Crippen LogP contribution in [0.2, 0.25) is 0 Å². The van der Waals surface area contributed by atoms with Crippen LogP contribution in [0.5, 0.6) is 0 Å². The van der Waals surface area contributed by atoms with Gasteiger partial charge < -0.3 is 14.6 Å². The van der Waals surface area contributed by atoms with Crippen LogP contribution in [0.4, 0.5) is 0 Å². The summed E-state index contributed by atoms with van der Waals surface area (Å²) in [5, 5.41) is 12.4. The minimum atomic E-state index is -0.784. The van der Waals surface area contributed by atoms with Crippen LogP contribution >= 0.6 is 0 Å². The molecule has 1 N–H and O–H groups in total. The number of carbonyl (C=O) groups is 2. The highest BCUT2D eigenvalue weighted by Gasteiger charge is 2.83. The second-order valence-electron chi connectivity index (χ2n) is 17.8. The second-order valence-corrected chi connectivity index (χ2v) is 17.8. The van der Waals surface area contributed by atoms with Gasteiger partial charge in [0.15, 0.2) is 0 Å². The second kappa shape index (κ2) is 8.50. The summed E-state index contributed by atoms with van der Waals surface area (Å²) in [5.41, 5.74) is -1.43. The predicted octanol–water partition coefficient (Wildman–Crippen LogP) is 7.48. The monoisotopic (exact) mass is 556 g/mol. The quantitative estimate of drug-likeness (QED) is 0.365. The van der Waals surface area contributed by atoms with Crippen molar-refractivity contribution in [2.24, 2.45) is 56.2 Å². The molecule has 6 fully saturated rings. The number of hydrogen-bond acceptors (Lipinski definition) is 5. The third-order valence-corrected chi connectivity index (χ3v) is 14.8. The van der Waals surface area contributed by atoms with Crippen molar-refractivity contribution in [2.75, 3.05) is 0 Å². The van der Waals surface area contributed by atoms with Crippen molar-refractivity contribution in [3.8, 4) is 0 Å². The fraction of sp³-hybridized carbons (Fsp3) is 0.943. The first-order chi connectivity index (χ1) is 18.4. The molecule has 10 atom stereocenters. The van der Waals surface area contributed by atoms with Gasteiger partial charge in [-0.3, -0.25) is 9.59 Å². The number of rotatable bonds is 3. The molecule has 0 aromatic carbocycles. The van der Waals surface area contributed by atoms with Gasteiger partial charge >= 0.3 is 11.9 Å². The summed E-state index contributed by atoms with van der Waals surface area (Å²) >= 11 is 0. The van der Waals surface area contributed by atoms with E-state index in [2.05, 4.69) is 62.3 Å². The highest BCUT2D eigenvalue weighted by Crippen LogP contribution is 2.80. The van der Waals surface area contributed by atoms with E-state index in [4.69, 9.17) is 9.47 Å². The summed E-state index contributed by atoms with van der Waals surface area (Å²) in [4.78, 5) is 26.6. The van der Waals surface area contributed by atoms with Crippen molar-refractivity contribution in [3.63, 3.8) is 0 Å². The van der Waals surface area contributed by atoms with Gasteiger partial charge in [-0.1, -0.05) is 62.3 Å². The Morgan fingerprint density at radius 2 is 1.60 bits per heavy atom. The molecule has 5 heteroatoms. The number of carbonyl (C=O) groups excluding carboxylic acids is 2. The summed E-state index contributed by atoms with van der Waals surface area (Å²) in [7, 11) is 0. The van der Waals surface area contributed by atoms with E-state index in [1.807, 2.05) is 0 Å². The summed E-state index contributed by atoms with van der Waals surface area (Å²) in [6.45, 7) is 20.9. The minimum Gasteiger partial charge on any atom is -0.462 e. The van der Waals surface area contributed by atoms with Gasteiger partial charge in [0.25, 0.3) is 0 Å². The highest BCUT2D eigenvalue weighted by atomic mass is 16.6. The van der Waals surface area contributed by atoms with Gasteiger partial charge in [-0.2, -0.15) is 0 Å². The molecule has 5 nitrogen and oxygen atoms in total. The Bertz CT molecular complexity index is 1090. The predicted molar refractivity (Wildman–Crippen MR) is 155 cm³/mol. The van der Waals surface area contributed by atoms with Crippen LogP contribution in [-0.2, 0) is 19.1 Å². The van der Waals surface area contributed by atoms with Crippen molar-refractivity contribution in [1.82, 2.24) is 0 Å². The maximum Gasteiger partial charge on any atom is 0.313 e. The molecule has 40 heavy (non-hydrogen) atoms. The van der Waals surface area contributed by atoms with E-state index in [-0.39, 0.29) is 51.0 Å². The number of ether oxygens (including phenoxy) is 2. The molecule has 0 aromatic rings. The van der Waals surface area contributed by atoms with E-state index in [0.29, 0.717) is 30.6 Å². The van der Waals surface area contributed by atoms with E-state index in [1.54, 1.807) is 0 Å². The fourth-order valence-electron chi connectivity index (χ4n) is 12.6. The van der Waals surface area contributed by atoms with Crippen LogP contribution in [0.25, 0.3) is 0 Å². The van der Waals surface area contributed by atoms with Gasteiger partial charge in [0.2, 0.25) is 0 Å². The molecule has 226 valence electrons. The number of aliphatic hydroxyl groups is 1. The van der Waals surface area contributed by atoms with Crippen LogP contribution in [0, 0.1) is 56.2 Å². The molecule has 1 spiro atoms. The molecule has 6 rings (SSSR count). The lowest BCUT2D eigenvalue weighted by molar-refractivity contribution is -0.317. The van der Waals surface area contributed by atoms with E-state index in [0.717, 1.165) is 57.8 Å². The Labute approximate surface area is 242 Å². The van der Waals surface area contributed by atoms with Crippen LogP contribution in [0.1, 0.15) is 133 Å². The maximum atomic E-state index is 13.8. The number of aliphatic hydroxyl groups excluding tert-OH is 1. The smallest absolute Gasteiger partial charge is 0.313 e. The van der Waals surface area contributed by atoms with Gasteiger partial charge in [0.1, 0.15) is 11.7 Å². The van der Waals surface area contributed by atoms with E-state index in [1.165, 1.54) is 0 Å². The molecular weight excluding hydrogens is 500 g/mol. The standard InChI is InChI=1S/C35H56O5/c1-21(2)18-27(37)39-26-11-12-31(7)22(30(26,5)6)10-13-32(8)23(31)19-25(36)35-24-20-29(3,4)14-16-34(24,28(38)40-35)17-15-33(32,35)9/h21-26,36H,10-20H2,1-9H3. The molecule has 0 amide bonds. The summed E-state index contributed by atoms with van der Waals surface area (Å²) in [6, 6.07) is 0. The third kappa shape index (κ3) is 3.36. The minimum absolute atomic E-state index is 0.0115. The van der Waals surface area contributed by atoms with Crippen molar-refractivity contribution in [2.45, 2.75) is 151 Å². The molecule has 1 aliphatic heterocycles. The molecule has 1 saturated heterocycles. The summed E-state index contributed by atoms with van der Waals surface area (Å²) in [6.07, 6.45) is 9.30. The molecule has 5 saturated carbocycles. The van der Waals surface area contributed by atoms with Crippen LogP contribution in [0.3, 0.4) is 0 Å². The summed E-state index contributed by atoms with van der Waals surface area (Å²) < 4.78 is 12.9. The van der Waals surface area contributed by atoms with Crippen molar-refractivity contribution >= 4 is 11.9 Å². The fourth-order valence-corrected chi connectivity index (χ4v) is 12.6. The molecule has 2 bridgehead atoms. The van der Waals surface area contributed by atoms with Crippen LogP contribution in [-0.4, -0.2) is 34.9 Å². The zero-order chi connectivity index (χ0) is 29.3. The van der Waals surface area contributed by atoms with Gasteiger partial charge in [-0.05, 0) is 98.2 Å². The molecule has 6 aliphatic rings. The summed E-state index contributed by atoms with van der Waals surface area (Å²) in [5.74, 6) is 1.06. The van der Waals surface area contributed by atoms with Crippen molar-refractivity contribution < 1.29 is 24.2 Å². The lowest BCUT2D eigenvalue weighted by Crippen LogP contribution is -2.76. The zero-order valence-electron chi connectivity index (χ0n) is 26.8. The van der Waals surface area contributed by atoms with Gasteiger partial charge in [0.05, 0.1) is 11.5 Å². The average Bonchev–Trinajstić information content (AvgIpc) is 3.02. The first kappa shape index (κ1) is 29.0. The lowest BCUT2D eigenvalue weighted by Gasteiger charge is -2.74. The Morgan fingerprint density at radius 1 is 0.925 bits per heavy atom. The largest absolute Gasteiger partial charge is 0.462 e. The van der Waals surface area contributed by atoms with Gasteiger partial charge in [-0.25, -0.2) is 0 Å². The third-order valence-electron chi connectivity index (χ3n) is 14.8. The zero-order valence-corrected chi connectivity index (χ0v) is 26.8. The molecule has 5 aliphatic carbocycles. The van der Waals surface area contributed by atoms with E-state index < -0.39 is 17.1 Å². The van der Waals surface area contributed by atoms with E-state index >= 15 is 0 Å². The molecule has 0 aromatic heterocycles. The SMILES string of the molecule is CC(C)CC(=O)OC1CCC2(C)C(CCC3(C)C2CC(O)C24OC(=O)C5(CCC(C)(C)CC52)CCC34C)C1(C)C. The average molecular weight is 557 g/mol. The van der Waals surface area contributed by atoms with Crippen molar-refractivity contribution in [3.05, 3.63) is 0 Å². The first-order valence-corrected chi connectivity index (χ1v) is 16.5. The number of fused-ring (bicyclic) bond motifs is 4. The highest BCUT2D eigenvalue weighted by molar-refractivity contribution is 5.82. The van der Waals surface area contributed by atoms with Crippen LogP contribution in [0.15, 0.2) is 0 Å². The Kier molecular flexibility index (Phi) is 6.16. The molecule has 1 heterocycles. The van der Waals surface area contributed by atoms with Gasteiger partial charge in [0, 0.05) is 23.2 Å². The molecular formula is C35H56O5. The van der Waals surface area contributed by atoms with Crippen LogP contribution < -0.4 is 0 Å². The van der Waals surface area contributed by atoms with Crippen molar-refractivity contribution in [1.29, 1.82) is 0 Å². The molecule has 10 unspecified atom stereocenters. The maximum absolute atomic E-state index is 13.8. The Morgan fingerprint density at radius 3 is 2.27 bits per heavy atom. The van der Waals surface area contributed by atoms with Gasteiger partial charge in [-0.15, -0.1) is 0 Å². The Balaban J connectivity index is 1.37. The Hall–Kier alpha value is -1.10. The first-order valence-electron chi connectivity index (χ1n) is 16.5. The molecule has 0 radical (unpaired) electrons. The topological polar surface area (TPSA) is 72.8 Å². The van der Waals surface area contributed by atoms with E-state index in [9.17, 15) is 14.7 Å². The lowest BCUT2D eigenvalue weighted by atomic mass is 9.30. The normalized spacial score (nSPS) is 52.1. The number of hydrogen-bond donors (Lipinski definition) is 1. The number of esters is 2.